The van der Waals surface area contributed by atoms with Crippen molar-refractivity contribution in [2.45, 2.75) is 64.6 Å². The average molecular weight is 583 g/mol. The summed E-state index contributed by atoms with van der Waals surface area (Å²) in [6, 6.07) is 3.55. The molecule has 1 amide bonds. The number of aromatic amines is 1. The summed E-state index contributed by atoms with van der Waals surface area (Å²) in [5.41, 5.74) is 0.100. The molecule has 1 aliphatic heterocycles. The van der Waals surface area contributed by atoms with E-state index in [9.17, 15) is 23.8 Å². The standard InChI is InChI=1S/C25H27ClF2N4O6.C2H6/c1-11(33)8-32(2)24(35)12-5-16(27)14(17(28)6-12)9-37-23-15(26)7-18-22(30-23)31-25(29-18)38-20-4-3-13-19(34)10-36-21(13)20;1-2/h5-7,11,13,19-21,33-34H,3-4,8-10H2,1-2H3,(H,29,30,31);1-2H3/t11?,13?,19-,20-,21+;/m1./s1. The van der Waals surface area contributed by atoms with E-state index in [-0.39, 0.29) is 59.4 Å². The van der Waals surface area contributed by atoms with Crippen LogP contribution in [0.1, 0.15) is 49.5 Å². The number of hydrogen-bond acceptors (Lipinski definition) is 8. The second kappa shape index (κ2) is 12.6. The number of aliphatic hydroxyl groups excluding tert-OH is 2. The Morgan fingerprint density at radius 3 is 2.62 bits per heavy atom. The number of nitrogens with zero attached hydrogens (tertiary/aromatic N) is 3. The zero-order valence-electron chi connectivity index (χ0n) is 22.7. The summed E-state index contributed by atoms with van der Waals surface area (Å²) in [5, 5.41) is 19.5. The van der Waals surface area contributed by atoms with Crippen LogP contribution in [0.15, 0.2) is 18.2 Å². The van der Waals surface area contributed by atoms with Gasteiger partial charge < -0.3 is 34.3 Å². The van der Waals surface area contributed by atoms with Gasteiger partial charge in [-0.1, -0.05) is 25.4 Å². The first-order valence-corrected chi connectivity index (χ1v) is 13.5. The summed E-state index contributed by atoms with van der Waals surface area (Å²) in [6.45, 7) is 5.26. The molecule has 2 fully saturated rings. The van der Waals surface area contributed by atoms with Crippen LogP contribution in [-0.2, 0) is 11.3 Å². The molecule has 1 aliphatic carbocycles. The van der Waals surface area contributed by atoms with Gasteiger partial charge in [-0.05, 0) is 38.0 Å². The van der Waals surface area contributed by atoms with Crippen molar-refractivity contribution in [3.05, 3.63) is 46.0 Å². The number of aliphatic hydroxyl groups is 2. The van der Waals surface area contributed by atoms with Crippen LogP contribution in [0.4, 0.5) is 8.78 Å². The van der Waals surface area contributed by atoms with Crippen LogP contribution in [0, 0.1) is 17.6 Å². The van der Waals surface area contributed by atoms with Gasteiger partial charge in [-0.15, -0.1) is 0 Å². The van der Waals surface area contributed by atoms with E-state index in [0.717, 1.165) is 18.6 Å². The number of amides is 1. The predicted octanol–water partition coefficient (Wildman–Crippen LogP) is 3.86. The number of nitrogens with one attached hydrogen (secondary N) is 1. The third-order valence-corrected chi connectivity index (χ3v) is 7.06. The Kier molecular flexibility index (Phi) is 9.44. The van der Waals surface area contributed by atoms with Gasteiger partial charge in [0.2, 0.25) is 5.88 Å². The minimum Gasteiger partial charge on any atom is -0.471 e. The number of carbonyl (C=O) groups excluding carboxylic acids is 1. The van der Waals surface area contributed by atoms with Crippen molar-refractivity contribution in [3.8, 4) is 11.9 Å². The van der Waals surface area contributed by atoms with Crippen LogP contribution in [0.5, 0.6) is 11.9 Å². The van der Waals surface area contributed by atoms with Gasteiger partial charge >= 0.3 is 0 Å². The summed E-state index contributed by atoms with van der Waals surface area (Å²) in [7, 11) is 1.43. The van der Waals surface area contributed by atoms with Crippen LogP contribution in [0.3, 0.4) is 0 Å². The summed E-state index contributed by atoms with van der Waals surface area (Å²) in [4.78, 5) is 25.1. The Balaban J connectivity index is 0.00000181. The molecule has 218 valence electrons. The number of benzene rings is 1. The number of halogens is 3. The smallest absolute Gasteiger partial charge is 0.296 e. The van der Waals surface area contributed by atoms with Gasteiger partial charge in [0.05, 0.1) is 36.0 Å². The van der Waals surface area contributed by atoms with Gasteiger partial charge in [-0.25, -0.2) is 8.78 Å². The molecule has 3 heterocycles. The van der Waals surface area contributed by atoms with Gasteiger partial charge in [0, 0.05) is 25.1 Å². The summed E-state index contributed by atoms with van der Waals surface area (Å²) in [5.74, 6) is -2.63. The topological polar surface area (TPSA) is 130 Å². The van der Waals surface area contributed by atoms with Crippen LogP contribution < -0.4 is 9.47 Å². The van der Waals surface area contributed by atoms with E-state index in [1.54, 1.807) is 0 Å². The quantitative estimate of drug-likeness (QED) is 0.365. The number of fused-ring (bicyclic) bond motifs is 2. The predicted molar refractivity (Wildman–Crippen MR) is 142 cm³/mol. The molecule has 2 unspecified atom stereocenters. The Labute approximate surface area is 235 Å². The van der Waals surface area contributed by atoms with Crippen molar-refractivity contribution in [2.24, 2.45) is 5.92 Å². The van der Waals surface area contributed by atoms with E-state index in [4.69, 9.17) is 25.8 Å². The molecule has 1 saturated carbocycles. The van der Waals surface area contributed by atoms with Crippen molar-refractivity contribution in [3.63, 3.8) is 0 Å². The fourth-order valence-corrected chi connectivity index (χ4v) is 5.15. The maximum absolute atomic E-state index is 14.7. The molecule has 0 bridgehead atoms. The Hall–Kier alpha value is -3.06. The lowest BCUT2D eigenvalue weighted by Gasteiger charge is -2.19. The summed E-state index contributed by atoms with van der Waals surface area (Å²) < 4.78 is 46.6. The number of likely N-dealkylation sites (N-methyl/N-ethyl adjacent to an activating group) is 1. The van der Waals surface area contributed by atoms with Crippen molar-refractivity contribution >= 4 is 28.7 Å². The lowest BCUT2D eigenvalue weighted by Crippen LogP contribution is -2.33. The van der Waals surface area contributed by atoms with E-state index in [1.165, 1.54) is 24.9 Å². The zero-order valence-corrected chi connectivity index (χ0v) is 23.4. The second-order valence-corrected chi connectivity index (χ2v) is 10.1. The third-order valence-electron chi connectivity index (χ3n) is 6.79. The fourth-order valence-electron chi connectivity index (χ4n) is 4.95. The molecule has 10 nitrogen and oxygen atoms in total. The largest absolute Gasteiger partial charge is 0.471 e. The van der Waals surface area contributed by atoms with Crippen molar-refractivity contribution in [1.29, 1.82) is 0 Å². The van der Waals surface area contributed by atoms with Gasteiger partial charge in [0.1, 0.15) is 29.4 Å². The number of pyridine rings is 1. The van der Waals surface area contributed by atoms with Crippen LogP contribution in [0.2, 0.25) is 5.02 Å². The molecule has 3 N–H and O–H groups in total. The molecule has 2 aromatic heterocycles. The number of carbonyl (C=O) groups is 1. The highest BCUT2D eigenvalue weighted by atomic mass is 35.5. The van der Waals surface area contributed by atoms with E-state index in [1.807, 2.05) is 13.8 Å². The van der Waals surface area contributed by atoms with Crippen LogP contribution in [0.25, 0.3) is 11.2 Å². The molecule has 3 aromatic rings. The molecule has 5 atom stereocenters. The molecule has 0 radical (unpaired) electrons. The number of imidazole rings is 1. The van der Waals surface area contributed by atoms with Crippen molar-refractivity contribution in [1.82, 2.24) is 19.9 Å². The number of ether oxygens (including phenoxy) is 3. The number of H-pyrrole nitrogens is 1. The summed E-state index contributed by atoms with van der Waals surface area (Å²) in [6.07, 6.45) is -0.254. The minimum atomic E-state index is -0.972. The van der Waals surface area contributed by atoms with Crippen molar-refractivity contribution < 1.29 is 38.0 Å². The fraction of sp³-hybridized carbons (Fsp3) is 0.519. The molecule has 0 spiro atoms. The molecular weight excluding hydrogens is 550 g/mol. The van der Waals surface area contributed by atoms with Crippen LogP contribution >= 0.6 is 11.6 Å². The molecular formula is C27H33ClF2N4O6. The Morgan fingerprint density at radius 1 is 1.25 bits per heavy atom. The monoisotopic (exact) mass is 582 g/mol. The second-order valence-electron chi connectivity index (χ2n) is 9.69. The zero-order chi connectivity index (χ0) is 29.1. The highest BCUT2D eigenvalue weighted by Crippen LogP contribution is 2.38. The lowest BCUT2D eigenvalue weighted by molar-refractivity contribution is 0.0135. The molecule has 40 heavy (non-hydrogen) atoms. The molecule has 1 aromatic carbocycles. The normalized spacial score (nSPS) is 22.4. The van der Waals surface area contributed by atoms with Crippen LogP contribution in [-0.4, -0.2) is 80.6 Å². The maximum atomic E-state index is 14.7. The summed E-state index contributed by atoms with van der Waals surface area (Å²) >= 11 is 6.28. The number of rotatable bonds is 8. The number of hydrogen-bond donors (Lipinski definition) is 3. The first-order chi connectivity index (χ1) is 19.1. The first-order valence-electron chi connectivity index (χ1n) is 13.2. The van der Waals surface area contributed by atoms with E-state index < -0.39 is 41.9 Å². The van der Waals surface area contributed by atoms with E-state index >= 15 is 0 Å². The Morgan fingerprint density at radius 2 is 1.95 bits per heavy atom. The van der Waals surface area contributed by atoms with E-state index in [2.05, 4.69) is 15.0 Å². The van der Waals surface area contributed by atoms with Gasteiger partial charge in [-0.2, -0.15) is 9.97 Å². The molecule has 1 saturated heterocycles. The van der Waals surface area contributed by atoms with E-state index in [0.29, 0.717) is 11.9 Å². The van der Waals surface area contributed by atoms with Gasteiger partial charge in [0.25, 0.3) is 11.9 Å². The maximum Gasteiger partial charge on any atom is 0.296 e. The lowest BCUT2D eigenvalue weighted by atomic mass is 10.0. The SMILES string of the molecule is CC.CC(O)CN(C)C(=O)c1cc(F)c(COc2nc3nc(O[C@@H]4CCC5[C@H](O)CO[C@@H]54)[nH]c3cc2Cl)c(F)c1. The third kappa shape index (κ3) is 6.30. The van der Waals surface area contributed by atoms with Gasteiger partial charge in [-0.3, -0.25) is 4.79 Å². The van der Waals surface area contributed by atoms with Crippen molar-refractivity contribution in [2.75, 3.05) is 20.2 Å². The molecule has 13 heteroatoms. The molecule has 5 rings (SSSR count). The first kappa shape index (κ1) is 29.9. The highest BCUT2D eigenvalue weighted by molar-refractivity contribution is 6.32. The number of aromatic nitrogens is 3. The van der Waals surface area contributed by atoms with Gasteiger partial charge in [0.15, 0.2) is 5.65 Å². The Bertz CT molecular complexity index is 1330. The highest BCUT2D eigenvalue weighted by Gasteiger charge is 2.47. The average Bonchev–Trinajstić information content (AvgIpc) is 3.60. The molecule has 2 aliphatic rings. The minimum absolute atomic E-state index is 0.0121.